The lowest BCUT2D eigenvalue weighted by molar-refractivity contribution is -0.176. The van der Waals surface area contributed by atoms with Gasteiger partial charge in [-0.3, -0.25) is 4.79 Å². The van der Waals surface area contributed by atoms with Gasteiger partial charge in [-0.25, -0.2) is 0 Å². The number of fused-ring (bicyclic) bond motifs is 1. The normalized spacial score (nSPS) is 23.7. The molecule has 1 aliphatic heterocycles. The van der Waals surface area contributed by atoms with Gasteiger partial charge in [0.1, 0.15) is 5.69 Å². The molecule has 2 aromatic rings. The van der Waals surface area contributed by atoms with Gasteiger partial charge in [-0.15, -0.1) is 0 Å². The summed E-state index contributed by atoms with van der Waals surface area (Å²) in [4.78, 5) is 18.0. The van der Waals surface area contributed by atoms with Crippen LogP contribution < -0.4 is 0 Å². The van der Waals surface area contributed by atoms with Gasteiger partial charge < -0.3 is 14.6 Å². The molecule has 1 N–H and O–H groups in total. The van der Waals surface area contributed by atoms with Crippen molar-refractivity contribution in [2.45, 2.75) is 37.9 Å². The van der Waals surface area contributed by atoms with E-state index in [1.165, 1.54) is 6.42 Å². The Morgan fingerprint density at radius 2 is 2.23 bits per heavy atom. The van der Waals surface area contributed by atoms with Gasteiger partial charge in [0.15, 0.2) is 0 Å². The lowest BCUT2D eigenvalue weighted by atomic mass is 9.78. The van der Waals surface area contributed by atoms with Gasteiger partial charge in [0.05, 0.1) is 18.2 Å². The number of carbonyl (C=O) groups is 1. The van der Waals surface area contributed by atoms with Crippen molar-refractivity contribution in [2.75, 3.05) is 13.1 Å². The van der Waals surface area contributed by atoms with Crippen molar-refractivity contribution in [3.8, 4) is 0 Å². The number of benzene rings is 1. The highest BCUT2D eigenvalue weighted by Crippen LogP contribution is 2.40. The van der Waals surface area contributed by atoms with Gasteiger partial charge in [-0.1, -0.05) is 17.7 Å². The molecule has 1 amide bonds. The summed E-state index contributed by atoms with van der Waals surface area (Å²) < 4.78 is 6.08. The van der Waals surface area contributed by atoms with E-state index < -0.39 is 0 Å². The van der Waals surface area contributed by atoms with Crippen molar-refractivity contribution >= 4 is 28.4 Å². The molecule has 1 aromatic carbocycles. The number of aromatic amines is 1. The lowest BCUT2D eigenvalue weighted by Crippen LogP contribution is -2.59. The Hall–Kier alpha value is -1.52. The fourth-order valence-corrected chi connectivity index (χ4v) is 3.78. The van der Waals surface area contributed by atoms with Gasteiger partial charge in [0, 0.05) is 22.5 Å². The Kier molecular flexibility index (Phi) is 3.20. The number of aromatic nitrogens is 1. The Balaban J connectivity index is 1.61. The van der Waals surface area contributed by atoms with Crippen LogP contribution in [0.15, 0.2) is 24.3 Å². The number of H-pyrrole nitrogens is 1. The second kappa shape index (κ2) is 5.00. The minimum Gasteiger partial charge on any atom is -0.368 e. The van der Waals surface area contributed by atoms with E-state index in [0.29, 0.717) is 23.8 Å². The molecule has 1 aliphatic carbocycles. The summed E-state index contributed by atoms with van der Waals surface area (Å²) in [5, 5.41) is 1.68. The SMILES string of the molecule is CC1CN(C(=O)c2cc3ccc(Cl)cc3[nH]2)CC2(CCC2)O1. The molecule has 2 heterocycles. The quantitative estimate of drug-likeness (QED) is 0.873. The number of rotatable bonds is 1. The predicted octanol–water partition coefficient (Wildman–Crippen LogP) is 3.60. The summed E-state index contributed by atoms with van der Waals surface area (Å²) in [6.07, 6.45) is 3.41. The number of amides is 1. The highest BCUT2D eigenvalue weighted by atomic mass is 35.5. The summed E-state index contributed by atoms with van der Waals surface area (Å²) in [6, 6.07) is 7.52. The zero-order chi connectivity index (χ0) is 15.3. The molecule has 1 atom stereocenters. The molecule has 1 aromatic heterocycles. The van der Waals surface area contributed by atoms with Crippen LogP contribution in [0.25, 0.3) is 10.9 Å². The number of hydrogen-bond acceptors (Lipinski definition) is 2. The van der Waals surface area contributed by atoms with E-state index in [1.54, 1.807) is 0 Å². The van der Waals surface area contributed by atoms with Crippen molar-refractivity contribution in [1.29, 1.82) is 0 Å². The first-order valence-corrected chi connectivity index (χ1v) is 8.18. The molecule has 2 fully saturated rings. The van der Waals surface area contributed by atoms with Crippen molar-refractivity contribution in [3.05, 3.63) is 35.0 Å². The fourth-order valence-electron chi connectivity index (χ4n) is 3.61. The van der Waals surface area contributed by atoms with Gasteiger partial charge >= 0.3 is 0 Å². The number of ether oxygens (including phenoxy) is 1. The van der Waals surface area contributed by atoms with E-state index in [1.807, 2.05) is 36.1 Å². The van der Waals surface area contributed by atoms with Crippen molar-refractivity contribution in [2.24, 2.45) is 0 Å². The zero-order valence-electron chi connectivity index (χ0n) is 12.6. The monoisotopic (exact) mass is 318 g/mol. The molecule has 4 rings (SSSR count). The second-order valence-electron chi connectivity index (χ2n) is 6.57. The van der Waals surface area contributed by atoms with E-state index in [9.17, 15) is 4.79 Å². The van der Waals surface area contributed by atoms with Crippen LogP contribution in [-0.4, -0.2) is 40.6 Å². The molecule has 1 spiro atoms. The summed E-state index contributed by atoms with van der Waals surface area (Å²) in [7, 11) is 0. The highest BCUT2D eigenvalue weighted by Gasteiger charge is 2.45. The Labute approximate surface area is 134 Å². The summed E-state index contributed by atoms with van der Waals surface area (Å²) in [5.74, 6) is 0.0498. The van der Waals surface area contributed by atoms with Crippen LogP contribution in [0.3, 0.4) is 0 Å². The average molecular weight is 319 g/mol. The number of nitrogens with zero attached hydrogens (tertiary/aromatic N) is 1. The number of morpholine rings is 1. The molecule has 5 heteroatoms. The molecular formula is C17H19ClN2O2. The van der Waals surface area contributed by atoms with Crippen molar-refractivity contribution < 1.29 is 9.53 Å². The van der Waals surface area contributed by atoms with E-state index in [0.717, 1.165) is 23.7 Å². The standard InChI is InChI=1S/C17H19ClN2O2/c1-11-9-20(10-17(22-11)5-2-6-17)16(21)15-7-12-3-4-13(18)8-14(12)19-15/h3-4,7-8,11,19H,2,5-6,9-10H2,1H3. The Bertz CT molecular complexity index is 735. The molecular weight excluding hydrogens is 300 g/mol. The molecule has 0 bridgehead atoms. The summed E-state index contributed by atoms with van der Waals surface area (Å²) >= 11 is 6.01. The highest BCUT2D eigenvalue weighted by molar-refractivity contribution is 6.31. The lowest BCUT2D eigenvalue weighted by Gasteiger charge is -2.50. The molecule has 22 heavy (non-hydrogen) atoms. The Morgan fingerprint density at radius 1 is 1.41 bits per heavy atom. The van der Waals surface area contributed by atoms with Crippen LogP contribution in [0.4, 0.5) is 0 Å². The third-order valence-electron chi connectivity index (χ3n) is 4.77. The van der Waals surface area contributed by atoms with Crippen LogP contribution in [0.1, 0.15) is 36.7 Å². The van der Waals surface area contributed by atoms with Crippen LogP contribution >= 0.6 is 11.6 Å². The number of hydrogen-bond donors (Lipinski definition) is 1. The molecule has 1 unspecified atom stereocenters. The fraction of sp³-hybridized carbons (Fsp3) is 0.471. The summed E-state index contributed by atoms with van der Waals surface area (Å²) in [6.45, 7) is 3.40. The minimum atomic E-state index is -0.0946. The smallest absolute Gasteiger partial charge is 0.270 e. The maximum Gasteiger partial charge on any atom is 0.270 e. The van der Waals surface area contributed by atoms with Gasteiger partial charge in [0.25, 0.3) is 5.91 Å². The number of carbonyl (C=O) groups excluding carboxylic acids is 1. The maximum atomic E-state index is 12.8. The molecule has 0 radical (unpaired) electrons. The topological polar surface area (TPSA) is 45.3 Å². The summed E-state index contributed by atoms with van der Waals surface area (Å²) in [5.41, 5.74) is 1.43. The van der Waals surface area contributed by atoms with Gasteiger partial charge in [0.2, 0.25) is 0 Å². The third kappa shape index (κ3) is 2.31. The number of halogens is 1. The largest absolute Gasteiger partial charge is 0.368 e. The van der Waals surface area contributed by atoms with E-state index in [2.05, 4.69) is 4.98 Å². The van der Waals surface area contributed by atoms with Crippen LogP contribution in [0.2, 0.25) is 5.02 Å². The second-order valence-corrected chi connectivity index (χ2v) is 7.00. The predicted molar refractivity (Wildman–Crippen MR) is 86.3 cm³/mol. The molecule has 1 saturated carbocycles. The van der Waals surface area contributed by atoms with Crippen LogP contribution in [-0.2, 0) is 4.74 Å². The van der Waals surface area contributed by atoms with E-state index >= 15 is 0 Å². The minimum absolute atomic E-state index is 0.0498. The first-order valence-electron chi connectivity index (χ1n) is 7.80. The van der Waals surface area contributed by atoms with E-state index in [-0.39, 0.29) is 17.6 Å². The Morgan fingerprint density at radius 3 is 2.95 bits per heavy atom. The zero-order valence-corrected chi connectivity index (χ0v) is 13.3. The van der Waals surface area contributed by atoms with Crippen molar-refractivity contribution in [3.63, 3.8) is 0 Å². The van der Waals surface area contributed by atoms with Gasteiger partial charge in [-0.2, -0.15) is 0 Å². The van der Waals surface area contributed by atoms with Crippen molar-refractivity contribution in [1.82, 2.24) is 9.88 Å². The third-order valence-corrected chi connectivity index (χ3v) is 5.01. The molecule has 116 valence electrons. The molecule has 4 nitrogen and oxygen atoms in total. The average Bonchev–Trinajstić information content (AvgIpc) is 2.87. The maximum absolute atomic E-state index is 12.8. The van der Waals surface area contributed by atoms with E-state index in [4.69, 9.17) is 16.3 Å². The van der Waals surface area contributed by atoms with Gasteiger partial charge in [-0.05, 0) is 44.4 Å². The first kappa shape index (κ1) is 14.1. The molecule has 1 saturated heterocycles. The van der Waals surface area contributed by atoms with Crippen LogP contribution in [0.5, 0.6) is 0 Å². The molecule has 2 aliphatic rings. The first-order chi connectivity index (χ1) is 10.5. The van der Waals surface area contributed by atoms with Crippen LogP contribution in [0, 0.1) is 0 Å². The number of nitrogens with one attached hydrogen (secondary N) is 1.